The first kappa shape index (κ1) is 13.2. The van der Waals surface area contributed by atoms with Gasteiger partial charge in [0.15, 0.2) is 5.58 Å². The van der Waals surface area contributed by atoms with Gasteiger partial charge in [0.2, 0.25) is 5.89 Å². The predicted octanol–water partition coefficient (Wildman–Crippen LogP) is 3.24. The molecule has 0 aliphatic heterocycles. The number of carbonyl (C=O) groups is 1. The van der Waals surface area contributed by atoms with Crippen molar-refractivity contribution in [2.45, 2.75) is 0 Å². The molecule has 0 aliphatic carbocycles. The molecule has 0 atom stereocenters. The van der Waals surface area contributed by atoms with Crippen LogP contribution in [-0.2, 0) is 0 Å². The summed E-state index contributed by atoms with van der Waals surface area (Å²) in [6, 6.07) is 8.60. The smallest absolute Gasteiger partial charge is 0.354 e. The fourth-order valence-electron chi connectivity index (χ4n) is 2.26. The molecule has 0 fully saturated rings. The third kappa shape index (κ3) is 2.34. The molecular formula is C16H9N3O4. The van der Waals surface area contributed by atoms with Crippen LogP contribution in [0.4, 0.5) is 0 Å². The van der Waals surface area contributed by atoms with Gasteiger partial charge in [-0.1, -0.05) is 11.2 Å². The van der Waals surface area contributed by atoms with Crippen molar-refractivity contribution in [3.8, 4) is 22.6 Å². The van der Waals surface area contributed by atoms with Crippen LogP contribution in [0.3, 0.4) is 0 Å². The maximum atomic E-state index is 11.0. The van der Waals surface area contributed by atoms with Gasteiger partial charge >= 0.3 is 5.97 Å². The molecule has 0 unspecified atom stereocenters. The minimum atomic E-state index is -1.10. The maximum absolute atomic E-state index is 11.0. The average Bonchev–Trinajstić information content (AvgIpc) is 3.23. The van der Waals surface area contributed by atoms with E-state index in [0.29, 0.717) is 22.6 Å². The third-order valence-corrected chi connectivity index (χ3v) is 3.38. The Kier molecular flexibility index (Phi) is 2.90. The van der Waals surface area contributed by atoms with Crippen molar-refractivity contribution in [2.24, 2.45) is 0 Å². The summed E-state index contributed by atoms with van der Waals surface area (Å²) in [6.07, 6.45) is 4.57. The lowest BCUT2D eigenvalue weighted by Crippen LogP contribution is -1.99. The number of fused-ring (bicyclic) bond motifs is 1. The molecule has 4 rings (SSSR count). The van der Waals surface area contributed by atoms with Crippen molar-refractivity contribution in [1.82, 2.24) is 15.1 Å². The highest BCUT2D eigenvalue weighted by Gasteiger charge is 2.12. The van der Waals surface area contributed by atoms with E-state index in [4.69, 9.17) is 14.0 Å². The van der Waals surface area contributed by atoms with Crippen LogP contribution >= 0.6 is 0 Å². The molecule has 1 N–H and O–H groups in total. The standard InChI is InChI=1S/C16H9N3O4/c20-16(21)13-6-10(3-4-17-13)15-19-12-5-9(1-2-14(12)23-15)11-7-18-22-8-11/h1-8H,(H,20,21). The van der Waals surface area contributed by atoms with Crippen molar-refractivity contribution in [2.75, 3.05) is 0 Å². The topological polar surface area (TPSA) is 102 Å². The largest absolute Gasteiger partial charge is 0.477 e. The normalized spacial score (nSPS) is 11.0. The van der Waals surface area contributed by atoms with E-state index in [9.17, 15) is 4.79 Å². The predicted molar refractivity (Wildman–Crippen MR) is 79.7 cm³/mol. The van der Waals surface area contributed by atoms with Gasteiger partial charge in [-0.25, -0.2) is 14.8 Å². The molecule has 0 amide bonds. The number of hydrogen-bond donors (Lipinski definition) is 1. The van der Waals surface area contributed by atoms with Crippen molar-refractivity contribution >= 4 is 17.1 Å². The highest BCUT2D eigenvalue weighted by Crippen LogP contribution is 2.28. The van der Waals surface area contributed by atoms with Crippen LogP contribution in [0, 0.1) is 0 Å². The van der Waals surface area contributed by atoms with Crippen molar-refractivity contribution in [1.29, 1.82) is 0 Å². The summed E-state index contributed by atoms with van der Waals surface area (Å²) in [4.78, 5) is 19.2. The molecule has 0 bridgehead atoms. The molecule has 4 aromatic rings. The van der Waals surface area contributed by atoms with Crippen LogP contribution in [0.25, 0.3) is 33.7 Å². The number of nitrogens with zero attached hydrogens (tertiary/aromatic N) is 3. The molecule has 1 aromatic carbocycles. The summed E-state index contributed by atoms with van der Waals surface area (Å²) < 4.78 is 10.5. The van der Waals surface area contributed by atoms with E-state index < -0.39 is 5.97 Å². The second-order valence-electron chi connectivity index (χ2n) is 4.85. The van der Waals surface area contributed by atoms with E-state index in [2.05, 4.69) is 15.1 Å². The first-order valence-electron chi connectivity index (χ1n) is 6.71. The number of hydrogen-bond acceptors (Lipinski definition) is 6. The van der Waals surface area contributed by atoms with E-state index in [-0.39, 0.29) is 5.69 Å². The summed E-state index contributed by atoms with van der Waals surface area (Å²) in [5.41, 5.74) is 3.50. The molecule has 0 radical (unpaired) electrons. The Bertz CT molecular complexity index is 1010. The zero-order valence-corrected chi connectivity index (χ0v) is 11.6. The summed E-state index contributed by atoms with van der Waals surface area (Å²) >= 11 is 0. The number of benzene rings is 1. The third-order valence-electron chi connectivity index (χ3n) is 3.38. The Morgan fingerprint density at radius 1 is 1.09 bits per heavy atom. The summed E-state index contributed by atoms with van der Waals surface area (Å²) in [6.45, 7) is 0. The Morgan fingerprint density at radius 2 is 2.00 bits per heavy atom. The van der Waals surface area contributed by atoms with E-state index in [0.717, 1.165) is 11.1 Å². The summed E-state index contributed by atoms with van der Waals surface area (Å²) in [5.74, 6) is -0.759. The van der Waals surface area contributed by atoms with E-state index >= 15 is 0 Å². The van der Waals surface area contributed by atoms with Crippen molar-refractivity contribution in [3.05, 3.63) is 54.7 Å². The Labute approximate surface area is 129 Å². The second kappa shape index (κ2) is 5.06. The molecule has 7 nitrogen and oxygen atoms in total. The molecule has 0 saturated carbocycles. The van der Waals surface area contributed by atoms with Crippen LogP contribution in [-0.4, -0.2) is 26.2 Å². The number of aromatic nitrogens is 3. The number of carboxylic acid groups (broad SMARTS) is 1. The number of carboxylic acids is 1. The van der Waals surface area contributed by atoms with Gasteiger partial charge in [0.1, 0.15) is 17.5 Å². The molecule has 0 spiro atoms. The fraction of sp³-hybridized carbons (Fsp3) is 0. The van der Waals surface area contributed by atoms with Crippen molar-refractivity contribution in [3.63, 3.8) is 0 Å². The zero-order chi connectivity index (χ0) is 15.8. The lowest BCUT2D eigenvalue weighted by atomic mass is 10.1. The molecular weight excluding hydrogens is 298 g/mol. The molecule has 3 aromatic heterocycles. The highest BCUT2D eigenvalue weighted by molar-refractivity contribution is 5.87. The number of oxazole rings is 1. The summed E-state index contributed by atoms with van der Waals surface area (Å²) in [7, 11) is 0. The molecule has 7 heteroatoms. The quantitative estimate of drug-likeness (QED) is 0.619. The Morgan fingerprint density at radius 3 is 2.78 bits per heavy atom. The van der Waals surface area contributed by atoms with Gasteiger partial charge in [0.25, 0.3) is 0 Å². The Balaban J connectivity index is 1.80. The Hall–Kier alpha value is -3.48. The van der Waals surface area contributed by atoms with Gasteiger partial charge in [0.05, 0.1) is 6.20 Å². The first-order chi connectivity index (χ1) is 11.2. The van der Waals surface area contributed by atoms with Crippen molar-refractivity contribution < 1.29 is 18.8 Å². The van der Waals surface area contributed by atoms with Gasteiger partial charge in [-0.2, -0.15) is 0 Å². The lowest BCUT2D eigenvalue weighted by molar-refractivity contribution is 0.0690. The van der Waals surface area contributed by atoms with Crippen LogP contribution in [0.5, 0.6) is 0 Å². The van der Waals surface area contributed by atoms with E-state index in [1.165, 1.54) is 12.3 Å². The van der Waals surface area contributed by atoms with Crippen LogP contribution < -0.4 is 0 Å². The molecule has 0 saturated heterocycles. The molecule has 112 valence electrons. The lowest BCUT2D eigenvalue weighted by Gasteiger charge is -1.96. The minimum Gasteiger partial charge on any atom is -0.477 e. The van der Waals surface area contributed by atoms with Gasteiger partial charge < -0.3 is 14.0 Å². The van der Waals surface area contributed by atoms with E-state index in [1.54, 1.807) is 24.6 Å². The maximum Gasteiger partial charge on any atom is 0.354 e. The summed E-state index contributed by atoms with van der Waals surface area (Å²) in [5, 5.41) is 12.7. The highest BCUT2D eigenvalue weighted by atomic mass is 16.5. The second-order valence-corrected chi connectivity index (χ2v) is 4.85. The van der Waals surface area contributed by atoms with Crippen LogP contribution in [0.15, 0.2) is 57.9 Å². The average molecular weight is 307 g/mol. The number of aromatic carboxylic acids is 1. The van der Waals surface area contributed by atoms with Crippen LogP contribution in [0.1, 0.15) is 10.5 Å². The number of rotatable bonds is 3. The molecule has 0 aliphatic rings. The van der Waals surface area contributed by atoms with Gasteiger partial charge in [0, 0.05) is 17.3 Å². The first-order valence-corrected chi connectivity index (χ1v) is 6.71. The number of pyridine rings is 1. The molecule has 23 heavy (non-hydrogen) atoms. The van der Waals surface area contributed by atoms with Gasteiger partial charge in [-0.3, -0.25) is 0 Å². The van der Waals surface area contributed by atoms with Crippen LogP contribution in [0.2, 0.25) is 0 Å². The zero-order valence-electron chi connectivity index (χ0n) is 11.6. The monoisotopic (exact) mass is 307 g/mol. The van der Waals surface area contributed by atoms with Gasteiger partial charge in [-0.15, -0.1) is 0 Å². The van der Waals surface area contributed by atoms with Gasteiger partial charge in [-0.05, 0) is 29.8 Å². The fourth-order valence-corrected chi connectivity index (χ4v) is 2.26. The SMILES string of the molecule is O=C(O)c1cc(-c2nc3cc(-c4cnoc4)ccc3o2)ccn1. The minimum absolute atomic E-state index is 0.0603. The molecule has 3 heterocycles. The van der Waals surface area contributed by atoms with E-state index in [1.807, 2.05) is 12.1 Å².